The summed E-state index contributed by atoms with van der Waals surface area (Å²) in [6.45, 7) is 16.6. The van der Waals surface area contributed by atoms with Crippen LogP contribution in [-0.2, 0) is 31.7 Å². The standard InChI is InChI=1S/C19H40O7Si3/c1-8-22-29(23-9-2,24-10-3)15-14-28(6,7)26-27(4,5)13-11-12-17-16-18(20)25-19(17)21/h17H,8-16H2,1-7H3. The summed E-state index contributed by atoms with van der Waals surface area (Å²) >= 11 is 0. The molecule has 0 aromatic heterocycles. The molecule has 1 fully saturated rings. The van der Waals surface area contributed by atoms with Gasteiger partial charge in [-0.05, 0) is 65.5 Å². The lowest BCUT2D eigenvalue weighted by molar-refractivity contribution is -0.153. The van der Waals surface area contributed by atoms with Crippen molar-refractivity contribution < 1.29 is 31.7 Å². The molecule has 0 spiro atoms. The molecule has 0 N–H and O–H groups in total. The van der Waals surface area contributed by atoms with Crippen molar-refractivity contribution in [3.63, 3.8) is 0 Å². The molecule has 1 aliphatic rings. The van der Waals surface area contributed by atoms with Crippen LogP contribution in [0.25, 0.3) is 0 Å². The number of hydrogen-bond acceptors (Lipinski definition) is 7. The highest BCUT2D eigenvalue weighted by Gasteiger charge is 2.43. The van der Waals surface area contributed by atoms with E-state index in [2.05, 4.69) is 30.9 Å². The van der Waals surface area contributed by atoms with Gasteiger partial charge in [0.1, 0.15) is 0 Å². The van der Waals surface area contributed by atoms with Gasteiger partial charge in [0, 0.05) is 25.9 Å². The van der Waals surface area contributed by atoms with Crippen LogP contribution in [0.1, 0.15) is 40.0 Å². The highest BCUT2D eigenvalue weighted by Crippen LogP contribution is 2.30. The van der Waals surface area contributed by atoms with Gasteiger partial charge < -0.3 is 22.1 Å². The van der Waals surface area contributed by atoms with Crippen LogP contribution in [0, 0.1) is 5.92 Å². The lowest BCUT2D eigenvalue weighted by Crippen LogP contribution is -2.50. The van der Waals surface area contributed by atoms with Crippen LogP contribution in [0.5, 0.6) is 0 Å². The Hall–Kier alpha value is -0.369. The van der Waals surface area contributed by atoms with Gasteiger partial charge in [-0.25, -0.2) is 0 Å². The Morgan fingerprint density at radius 2 is 1.38 bits per heavy atom. The zero-order chi connectivity index (χ0) is 22.1. The Labute approximate surface area is 179 Å². The van der Waals surface area contributed by atoms with Crippen molar-refractivity contribution in [3.05, 3.63) is 0 Å². The third kappa shape index (κ3) is 9.54. The van der Waals surface area contributed by atoms with E-state index in [4.69, 9.17) is 17.4 Å². The largest absolute Gasteiger partial charge is 0.500 e. The van der Waals surface area contributed by atoms with Gasteiger partial charge >= 0.3 is 20.7 Å². The van der Waals surface area contributed by atoms with Gasteiger partial charge in [0.2, 0.25) is 0 Å². The van der Waals surface area contributed by atoms with Crippen LogP contribution in [0.2, 0.25) is 44.3 Å². The number of ether oxygens (including phenoxy) is 1. The van der Waals surface area contributed by atoms with Gasteiger partial charge in [-0.15, -0.1) is 0 Å². The lowest BCUT2D eigenvalue weighted by Gasteiger charge is -2.36. The SMILES string of the molecule is CCO[Si](CC[Si](C)(C)O[Si](C)(C)CCCC1CC(=O)OC1=O)(OCC)OCC. The highest BCUT2D eigenvalue weighted by atomic mass is 28.4. The van der Waals surface area contributed by atoms with E-state index < -0.39 is 31.4 Å². The fourth-order valence-electron chi connectivity index (χ4n) is 3.82. The van der Waals surface area contributed by atoms with Crippen molar-refractivity contribution in [3.8, 4) is 0 Å². The van der Waals surface area contributed by atoms with Crippen molar-refractivity contribution in [2.24, 2.45) is 5.92 Å². The molecule has 0 aromatic carbocycles. The smallest absolute Gasteiger partial charge is 0.456 e. The fourth-order valence-corrected chi connectivity index (χ4v) is 17.3. The molecule has 0 radical (unpaired) electrons. The van der Waals surface area contributed by atoms with Crippen LogP contribution in [0.3, 0.4) is 0 Å². The van der Waals surface area contributed by atoms with Gasteiger partial charge in [-0.2, -0.15) is 0 Å². The predicted octanol–water partition coefficient (Wildman–Crippen LogP) is 4.33. The third-order valence-corrected chi connectivity index (χ3v) is 16.0. The number of cyclic esters (lactones) is 2. The molecule has 1 rings (SSSR count). The van der Waals surface area contributed by atoms with Crippen LogP contribution < -0.4 is 0 Å². The maximum Gasteiger partial charge on any atom is 0.500 e. The molecule has 0 aliphatic carbocycles. The van der Waals surface area contributed by atoms with E-state index in [1.165, 1.54) is 0 Å². The number of carbonyl (C=O) groups is 2. The predicted molar refractivity (Wildman–Crippen MR) is 120 cm³/mol. The molecule has 0 amide bonds. The Bertz CT molecular complexity index is 523. The van der Waals surface area contributed by atoms with Crippen LogP contribution >= 0.6 is 0 Å². The average Bonchev–Trinajstić information content (AvgIpc) is 2.90. The first-order chi connectivity index (χ1) is 13.5. The number of hydrogen-bond donors (Lipinski definition) is 0. The minimum atomic E-state index is -2.65. The Kier molecular flexibility index (Phi) is 10.9. The van der Waals surface area contributed by atoms with E-state index in [0.717, 1.165) is 24.6 Å². The molecule has 1 heterocycles. The van der Waals surface area contributed by atoms with Crippen LogP contribution in [0.4, 0.5) is 0 Å². The van der Waals surface area contributed by atoms with Crippen LogP contribution in [0.15, 0.2) is 0 Å². The van der Waals surface area contributed by atoms with Gasteiger partial charge in [-0.3, -0.25) is 9.59 Å². The van der Waals surface area contributed by atoms with E-state index in [1.807, 2.05) is 20.8 Å². The maximum absolute atomic E-state index is 11.6. The third-order valence-electron chi connectivity index (χ3n) is 4.97. The molecular formula is C19H40O7Si3. The first-order valence-corrected chi connectivity index (χ1v) is 19.0. The zero-order valence-corrected chi connectivity index (χ0v) is 22.3. The minimum absolute atomic E-state index is 0.223. The molecule has 0 bridgehead atoms. The highest BCUT2D eigenvalue weighted by molar-refractivity contribution is 6.85. The maximum atomic E-state index is 11.6. The summed E-state index contributed by atoms with van der Waals surface area (Å²) in [6, 6.07) is 2.67. The molecular weight excluding hydrogens is 424 g/mol. The molecule has 7 nitrogen and oxygen atoms in total. The van der Waals surface area contributed by atoms with Gasteiger partial charge in [-0.1, -0.05) is 6.42 Å². The molecule has 0 saturated carbocycles. The van der Waals surface area contributed by atoms with E-state index in [9.17, 15) is 9.59 Å². The summed E-state index contributed by atoms with van der Waals surface area (Å²) in [5.41, 5.74) is 0. The fraction of sp³-hybridized carbons (Fsp3) is 0.895. The molecule has 29 heavy (non-hydrogen) atoms. The molecule has 170 valence electrons. The van der Waals surface area contributed by atoms with E-state index in [1.54, 1.807) is 0 Å². The first kappa shape index (κ1) is 26.7. The van der Waals surface area contributed by atoms with E-state index in [0.29, 0.717) is 26.2 Å². The van der Waals surface area contributed by atoms with Gasteiger partial charge in [0.05, 0.1) is 12.3 Å². The van der Waals surface area contributed by atoms with Crippen molar-refractivity contribution in [2.75, 3.05) is 19.8 Å². The van der Waals surface area contributed by atoms with Crippen LogP contribution in [-0.4, -0.2) is 57.2 Å². The molecule has 10 heteroatoms. The van der Waals surface area contributed by atoms with Crippen molar-refractivity contribution >= 4 is 37.4 Å². The summed E-state index contributed by atoms with van der Waals surface area (Å²) in [5.74, 6) is -1.03. The summed E-state index contributed by atoms with van der Waals surface area (Å²) in [7, 11) is -6.47. The summed E-state index contributed by atoms with van der Waals surface area (Å²) in [5, 5.41) is 0. The lowest BCUT2D eigenvalue weighted by atomic mass is 10.0. The Balaban J connectivity index is 2.56. The van der Waals surface area contributed by atoms with Crippen molar-refractivity contribution in [1.29, 1.82) is 0 Å². The second-order valence-electron chi connectivity index (χ2n) is 8.69. The second kappa shape index (κ2) is 11.9. The van der Waals surface area contributed by atoms with Crippen molar-refractivity contribution in [2.45, 2.75) is 84.4 Å². The number of rotatable bonds is 15. The first-order valence-electron chi connectivity index (χ1n) is 10.8. The zero-order valence-electron chi connectivity index (χ0n) is 19.3. The molecule has 1 saturated heterocycles. The molecule has 0 aromatic rings. The van der Waals surface area contributed by atoms with Gasteiger partial charge in [0.15, 0.2) is 16.6 Å². The minimum Gasteiger partial charge on any atom is -0.456 e. The van der Waals surface area contributed by atoms with Crippen molar-refractivity contribution in [1.82, 2.24) is 0 Å². The van der Waals surface area contributed by atoms with Gasteiger partial charge in [0.25, 0.3) is 0 Å². The summed E-state index contributed by atoms with van der Waals surface area (Å²) in [4.78, 5) is 22.8. The Morgan fingerprint density at radius 3 is 1.83 bits per heavy atom. The topological polar surface area (TPSA) is 80.3 Å². The Morgan fingerprint density at radius 1 is 0.862 bits per heavy atom. The average molecular weight is 465 g/mol. The summed E-state index contributed by atoms with van der Waals surface area (Å²) in [6.07, 6.45) is 1.80. The molecule has 1 aliphatic heterocycles. The second-order valence-corrected chi connectivity index (χ2v) is 20.3. The molecule has 1 unspecified atom stereocenters. The monoisotopic (exact) mass is 464 g/mol. The molecule has 1 atom stereocenters. The van der Waals surface area contributed by atoms with E-state index >= 15 is 0 Å². The normalized spacial score (nSPS) is 18.4. The van der Waals surface area contributed by atoms with E-state index in [-0.39, 0.29) is 18.3 Å². The number of carbonyl (C=O) groups excluding carboxylic acids is 2. The number of esters is 2. The quantitative estimate of drug-likeness (QED) is 0.203. The summed E-state index contributed by atoms with van der Waals surface area (Å²) < 4.78 is 29.3.